The van der Waals surface area contributed by atoms with Crippen molar-refractivity contribution in [2.24, 2.45) is 0 Å². The highest BCUT2D eigenvalue weighted by Crippen LogP contribution is 2.13. The van der Waals surface area contributed by atoms with Crippen molar-refractivity contribution >= 4 is 6.29 Å². The Morgan fingerprint density at radius 1 is 1.19 bits per heavy atom. The van der Waals surface area contributed by atoms with Gasteiger partial charge in [-0.2, -0.15) is 0 Å². The molecule has 1 unspecified atom stereocenters. The molecule has 1 atom stereocenters. The first-order chi connectivity index (χ1) is 7.77. The Hall–Kier alpha value is -1.15. The van der Waals surface area contributed by atoms with Gasteiger partial charge in [-0.05, 0) is 24.0 Å². The number of carbonyl (C=O) groups is 1. The molecule has 0 spiro atoms. The predicted molar refractivity (Wildman–Crippen MR) is 65.3 cm³/mol. The molecule has 1 rings (SSSR count). The molecule has 0 aromatic heterocycles. The lowest BCUT2D eigenvalue weighted by Gasteiger charge is -2.05. The van der Waals surface area contributed by atoms with E-state index in [0.29, 0.717) is 11.8 Å². The molecule has 0 fully saturated rings. The summed E-state index contributed by atoms with van der Waals surface area (Å²) in [4.78, 5) is 10.4. The van der Waals surface area contributed by atoms with Crippen molar-refractivity contribution in [3.05, 3.63) is 35.4 Å². The van der Waals surface area contributed by atoms with Gasteiger partial charge in [0.2, 0.25) is 0 Å². The van der Waals surface area contributed by atoms with Crippen LogP contribution in [-0.2, 0) is 11.2 Å². The molecule has 0 aliphatic carbocycles. The second-order valence-corrected chi connectivity index (χ2v) is 4.13. The van der Waals surface area contributed by atoms with E-state index in [1.54, 1.807) is 0 Å². The summed E-state index contributed by atoms with van der Waals surface area (Å²) in [7, 11) is 0. The molecule has 1 aromatic rings. The lowest BCUT2D eigenvalue weighted by atomic mass is 10.0. The lowest BCUT2D eigenvalue weighted by Crippen LogP contribution is -1.98. The van der Waals surface area contributed by atoms with Crippen molar-refractivity contribution in [2.45, 2.75) is 45.1 Å². The molecule has 1 aromatic carbocycles. The van der Waals surface area contributed by atoms with E-state index in [4.69, 9.17) is 0 Å². The average Bonchev–Trinajstić information content (AvgIpc) is 2.34. The molecule has 0 amide bonds. The Morgan fingerprint density at radius 3 is 2.44 bits per heavy atom. The number of rotatable bonds is 7. The first-order valence-corrected chi connectivity index (χ1v) is 6.00. The van der Waals surface area contributed by atoms with E-state index in [0.717, 1.165) is 6.42 Å². The van der Waals surface area contributed by atoms with Crippen LogP contribution < -0.4 is 0 Å². The maximum Gasteiger partial charge on any atom is 0.153 e. The Labute approximate surface area is 97.3 Å². The van der Waals surface area contributed by atoms with Gasteiger partial charge in [0.05, 0.1) is 0 Å². The molecule has 0 heterocycles. The van der Waals surface area contributed by atoms with E-state index in [9.17, 15) is 9.90 Å². The molecular formula is C14H20O2. The van der Waals surface area contributed by atoms with Crippen LogP contribution in [0, 0.1) is 0 Å². The smallest absolute Gasteiger partial charge is 0.153 e. The zero-order valence-electron chi connectivity index (χ0n) is 9.86. The van der Waals surface area contributed by atoms with Crippen molar-refractivity contribution in [2.75, 3.05) is 0 Å². The van der Waals surface area contributed by atoms with Crippen LogP contribution in [0.15, 0.2) is 24.3 Å². The molecule has 2 heteroatoms. The number of aliphatic hydroxyl groups excluding tert-OH is 1. The quantitative estimate of drug-likeness (QED) is 0.566. The van der Waals surface area contributed by atoms with Crippen LogP contribution in [0.2, 0.25) is 0 Å². The van der Waals surface area contributed by atoms with Crippen LogP contribution in [0.3, 0.4) is 0 Å². The van der Waals surface area contributed by atoms with Crippen molar-refractivity contribution in [3.8, 4) is 0 Å². The van der Waals surface area contributed by atoms with Gasteiger partial charge in [-0.15, -0.1) is 0 Å². The Bertz CT molecular complexity index is 303. The fourth-order valence-electron chi connectivity index (χ4n) is 1.72. The predicted octanol–water partition coefficient (Wildman–Crippen LogP) is 3.04. The van der Waals surface area contributed by atoms with Gasteiger partial charge in [0.1, 0.15) is 6.10 Å². The molecule has 0 aliphatic rings. The summed E-state index contributed by atoms with van der Waals surface area (Å²) in [5, 5.41) is 9.30. The van der Waals surface area contributed by atoms with Crippen LogP contribution in [-0.4, -0.2) is 11.4 Å². The third kappa shape index (κ3) is 4.15. The van der Waals surface area contributed by atoms with Gasteiger partial charge < -0.3 is 9.90 Å². The molecule has 2 nitrogen and oxygen atoms in total. The lowest BCUT2D eigenvalue weighted by molar-refractivity contribution is -0.115. The molecule has 0 aliphatic heterocycles. The zero-order chi connectivity index (χ0) is 11.8. The van der Waals surface area contributed by atoms with E-state index in [1.807, 2.05) is 24.3 Å². The highest BCUT2D eigenvalue weighted by molar-refractivity contribution is 5.59. The van der Waals surface area contributed by atoms with Gasteiger partial charge in [0, 0.05) is 0 Å². The number of aldehydes is 1. The summed E-state index contributed by atoms with van der Waals surface area (Å²) in [5.74, 6) is 0. The summed E-state index contributed by atoms with van der Waals surface area (Å²) >= 11 is 0. The van der Waals surface area contributed by atoms with E-state index in [1.165, 1.54) is 31.2 Å². The summed E-state index contributed by atoms with van der Waals surface area (Å²) in [6.45, 7) is 2.20. The summed E-state index contributed by atoms with van der Waals surface area (Å²) < 4.78 is 0. The number of hydrogen-bond donors (Lipinski definition) is 1. The Balaban J connectivity index is 2.42. The Kier molecular flexibility index (Phi) is 5.79. The number of aryl methyl sites for hydroxylation is 1. The summed E-state index contributed by atoms with van der Waals surface area (Å²) in [6, 6.07) is 7.64. The fraction of sp³-hybridized carbons (Fsp3) is 0.500. The molecule has 0 saturated carbocycles. The van der Waals surface area contributed by atoms with Crippen molar-refractivity contribution in [1.29, 1.82) is 0 Å². The molecule has 0 bridgehead atoms. The van der Waals surface area contributed by atoms with Gasteiger partial charge in [0.25, 0.3) is 0 Å². The van der Waals surface area contributed by atoms with Gasteiger partial charge in [-0.3, -0.25) is 0 Å². The second-order valence-electron chi connectivity index (χ2n) is 4.13. The normalized spacial score (nSPS) is 12.4. The number of benzene rings is 1. The SMILES string of the molecule is CCCCCCc1ccc(C(O)C=O)cc1. The minimum absolute atomic E-state index is 0.552. The standard InChI is InChI=1S/C14H20O2/c1-2-3-4-5-6-12-7-9-13(10-8-12)14(16)11-15/h7-11,14,16H,2-6H2,1H3. The van der Waals surface area contributed by atoms with Crippen LogP contribution in [0.25, 0.3) is 0 Å². The zero-order valence-corrected chi connectivity index (χ0v) is 9.86. The third-order valence-electron chi connectivity index (χ3n) is 2.77. The van der Waals surface area contributed by atoms with Crippen LogP contribution in [0.1, 0.15) is 49.8 Å². The second kappa shape index (κ2) is 7.18. The van der Waals surface area contributed by atoms with E-state index in [-0.39, 0.29) is 0 Å². The summed E-state index contributed by atoms with van der Waals surface area (Å²) in [6.07, 6.45) is 5.69. The molecular weight excluding hydrogens is 200 g/mol. The van der Waals surface area contributed by atoms with Crippen LogP contribution in [0.5, 0.6) is 0 Å². The molecule has 1 N–H and O–H groups in total. The van der Waals surface area contributed by atoms with E-state index in [2.05, 4.69) is 6.92 Å². The van der Waals surface area contributed by atoms with Crippen molar-refractivity contribution in [1.82, 2.24) is 0 Å². The fourth-order valence-corrected chi connectivity index (χ4v) is 1.72. The van der Waals surface area contributed by atoms with Crippen LogP contribution >= 0.6 is 0 Å². The third-order valence-corrected chi connectivity index (χ3v) is 2.77. The maximum atomic E-state index is 10.4. The number of carbonyl (C=O) groups excluding carboxylic acids is 1. The number of aliphatic hydroxyl groups is 1. The molecule has 0 radical (unpaired) electrons. The monoisotopic (exact) mass is 220 g/mol. The first kappa shape index (κ1) is 12.9. The van der Waals surface area contributed by atoms with E-state index >= 15 is 0 Å². The number of hydrogen-bond acceptors (Lipinski definition) is 2. The highest BCUT2D eigenvalue weighted by Gasteiger charge is 2.04. The maximum absolute atomic E-state index is 10.4. The topological polar surface area (TPSA) is 37.3 Å². The van der Waals surface area contributed by atoms with Gasteiger partial charge in [0.15, 0.2) is 6.29 Å². The Morgan fingerprint density at radius 2 is 1.88 bits per heavy atom. The van der Waals surface area contributed by atoms with Gasteiger partial charge >= 0.3 is 0 Å². The largest absolute Gasteiger partial charge is 0.381 e. The van der Waals surface area contributed by atoms with Crippen molar-refractivity contribution in [3.63, 3.8) is 0 Å². The average molecular weight is 220 g/mol. The van der Waals surface area contributed by atoms with Crippen LogP contribution in [0.4, 0.5) is 0 Å². The van der Waals surface area contributed by atoms with Gasteiger partial charge in [-0.25, -0.2) is 0 Å². The molecule has 88 valence electrons. The number of unbranched alkanes of at least 4 members (excludes halogenated alkanes) is 3. The minimum Gasteiger partial charge on any atom is -0.381 e. The van der Waals surface area contributed by atoms with Crippen molar-refractivity contribution < 1.29 is 9.90 Å². The molecule has 16 heavy (non-hydrogen) atoms. The minimum atomic E-state index is -0.978. The first-order valence-electron chi connectivity index (χ1n) is 6.00. The highest BCUT2D eigenvalue weighted by atomic mass is 16.3. The van der Waals surface area contributed by atoms with E-state index < -0.39 is 6.10 Å². The molecule has 0 saturated heterocycles. The summed E-state index contributed by atoms with van der Waals surface area (Å²) in [5.41, 5.74) is 1.95. The van der Waals surface area contributed by atoms with Gasteiger partial charge in [-0.1, -0.05) is 50.5 Å².